The van der Waals surface area contributed by atoms with Crippen LogP contribution in [0.4, 0.5) is 0 Å². The molecule has 0 aromatic rings. The molecular weight excluding hydrogens is 244 g/mol. The number of piperidine rings is 1. The van der Waals surface area contributed by atoms with Gasteiger partial charge in [0.2, 0.25) is 5.91 Å². The van der Waals surface area contributed by atoms with E-state index >= 15 is 0 Å². The van der Waals surface area contributed by atoms with E-state index in [2.05, 4.69) is 0 Å². The SMILES string of the molecule is CCC(CC)(CN)C(=O)N1CCC(C)CC1C(=O)O. The topological polar surface area (TPSA) is 83.6 Å². The van der Waals surface area contributed by atoms with E-state index < -0.39 is 17.4 Å². The molecule has 2 unspecified atom stereocenters. The number of aliphatic carboxylic acids is 1. The molecule has 0 spiro atoms. The highest BCUT2D eigenvalue weighted by Crippen LogP contribution is 2.32. The number of nitrogens with zero attached hydrogens (tertiary/aromatic N) is 1. The third kappa shape index (κ3) is 3.08. The number of likely N-dealkylation sites (tertiary alicyclic amines) is 1. The third-order valence-corrected chi connectivity index (χ3v) is 4.61. The molecule has 3 N–H and O–H groups in total. The first-order chi connectivity index (χ1) is 8.91. The second kappa shape index (κ2) is 6.37. The number of amides is 1. The summed E-state index contributed by atoms with van der Waals surface area (Å²) in [6, 6.07) is -0.694. The van der Waals surface area contributed by atoms with E-state index in [0.717, 1.165) is 6.42 Å². The lowest BCUT2D eigenvalue weighted by molar-refractivity contribution is -0.158. The first-order valence-electron chi connectivity index (χ1n) is 7.15. The fourth-order valence-corrected chi connectivity index (χ4v) is 2.85. The van der Waals surface area contributed by atoms with Gasteiger partial charge in [0.15, 0.2) is 0 Å². The average Bonchev–Trinajstić information content (AvgIpc) is 2.41. The van der Waals surface area contributed by atoms with Crippen molar-refractivity contribution in [2.45, 2.75) is 52.5 Å². The van der Waals surface area contributed by atoms with Crippen LogP contribution in [0.2, 0.25) is 0 Å². The monoisotopic (exact) mass is 270 g/mol. The highest BCUT2D eigenvalue weighted by atomic mass is 16.4. The second-order valence-electron chi connectivity index (χ2n) is 5.67. The van der Waals surface area contributed by atoms with E-state index in [1.54, 1.807) is 4.90 Å². The summed E-state index contributed by atoms with van der Waals surface area (Å²) >= 11 is 0. The van der Waals surface area contributed by atoms with Crippen molar-refractivity contribution in [2.24, 2.45) is 17.1 Å². The van der Waals surface area contributed by atoms with Crippen LogP contribution < -0.4 is 5.73 Å². The Balaban J connectivity index is 2.98. The smallest absolute Gasteiger partial charge is 0.326 e. The average molecular weight is 270 g/mol. The molecule has 0 aromatic carbocycles. The second-order valence-corrected chi connectivity index (χ2v) is 5.67. The van der Waals surface area contributed by atoms with Gasteiger partial charge in [-0.25, -0.2) is 4.79 Å². The first kappa shape index (κ1) is 16.0. The molecule has 19 heavy (non-hydrogen) atoms. The van der Waals surface area contributed by atoms with Crippen LogP contribution in [0, 0.1) is 11.3 Å². The quantitative estimate of drug-likeness (QED) is 0.792. The zero-order valence-electron chi connectivity index (χ0n) is 12.2. The van der Waals surface area contributed by atoms with Gasteiger partial charge in [0.05, 0.1) is 5.41 Å². The van der Waals surface area contributed by atoms with Crippen molar-refractivity contribution in [3.05, 3.63) is 0 Å². The molecule has 1 fully saturated rings. The highest BCUT2D eigenvalue weighted by Gasteiger charge is 2.43. The van der Waals surface area contributed by atoms with Gasteiger partial charge in [-0.2, -0.15) is 0 Å². The Labute approximate surface area is 115 Å². The van der Waals surface area contributed by atoms with Crippen molar-refractivity contribution in [3.8, 4) is 0 Å². The molecule has 0 aromatic heterocycles. The van der Waals surface area contributed by atoms with Crippen LogP contribution >= 0.6 is 0 Å². The number of carboxylic acid groups (broad SMARTS) is 1. The molecule has 0 bridgehead atoms. The molecule has 1 saturated heterocycles. The maximum atomic E-state index is 12.7. The highest BCUT2D eigenvalue weighted by molar-refractivity contribution is 5.88. The maximum absolute atomic E-state index is 12.7. The molecule has 1 rings (SSSR count). The van der Waals surface area contributed by atoms with Crippen LogP contribution in [-0.4, -0.2) is 41.0 Å². The third-order valence-electron chi connectivity index (χ3n) is 4.61. The Morgan fingerprint density at radius 3 is 2.37 bits per heavy atom. The van der Waals surface area contributed by atoms with E-state index in [4.69, 9.17) is 5.73 Å². The van der Waals surface area contributed by atoms with Crippen LogP contribution in [0.25, 0.3) is 0 Å². The fraction of sp³-hybridized carbons (Fsp3) is 0.857. The predicted molar refractivity (Wildman–Crippen MR) is 73.6 cm³/mol. The molecule has 1 aliphatic heterocycles. The van der Waals surface area contributed by atoms with E-state index in [1.807, 2.05) is 20.8 Å². The lowest BCUT2D eigenvalue weighted by atomic mass is 9.79. The summed E-state index contributed by atoms with van der Waals surface area (Å²) in [5.41, 5.74) is 5.19. The number of carboxylic acids is 1. The van der Waals surface area contributed by atoms with E-state index in [1.165, 1.54) is 0 Å². The summed E-state index contributed by atoms with van der Waals surface area (Å²) in [7, 11) is 0. The van der Waals surface area contributed by atoms with E-state index in [9.17, 15) is 14.7 Å². The first-order valence-corrected chi connectivity index (χ1v) is 7.15. The van der Waals surface area contributed by atoms with Gasteiger partial charge in [-0.05, 0) is 31.6 Å². The summed E-state index contributed by atoms with van der Waals surface area (Å²) in [5, 5.41) is 9.33. The lowest BCUT2D eigenvalue weighted by Gasteiger charge is -2.41. The Morgan fingerprint density at radius 2 is 1.95 bits per heavy atom. The van der Waals surface area contributed by atoms with Gasteiger partial charge in [0.25, 0.3) is 0 Å². The van der Waals surface area contributed by atoms with Crippen molar-refractivity contribution < 1.29 is 14.7 Å². The minimum absolute atomic E-state index is 0.0840. The van der Waals surface area contributed by atoms with Crippen LogP contribution in [0.1, 0.15) is 46.5 Å². The number of hydrogen-bond donors (Lipinski definition) is 2. The van der Waals surface area contributed by atoms with Gasteiger partial charge in [0, 0.05) is 13.1 Å². The number of carbonyl (C=O) groups excluding carboxylic acids is 1. The van der Waals surface area contributed by atoms with Crippen molar-refractivity contribution >= 4 is 11.9 Å². The normalized spacial score (nSPS) is 24.3. The predicted octanol–water partition coefficient (Wildman–Crippen LogP) is 1.46. The number of carbonyl (C=O) groups is 2. The molecule has 1 amide bonds. The number of nitrogens with two attached hydrogens (primary N) is 1. The molecule has 0 saturated carbocycles. The van der Waals surface area contributed by atoms with Gasteiger partial charge >= 0.3 is 5.97 Å². The Bertz CT molecular complexity index is 331. The minimum atomic E-state index is -0.905. The van der Waals surface area contributed by atoms with E-state index in [-0.39, 0.29) is 12.5 Å². The van der Waals surface area contributed by atoms with Crippen LogP contribution in [0.15, 0.2) is 0 Å². The Morgan fingerprint density at radius 1 is 1.37 bits per heavy atom. The molecule has 2 atom stereocenters. The van der Waals surface area contributed by atoms with Crippen LogP contribution in [0.3, 0.4) is 0 Å². The van der Waals surface area contributed by atoms with Gasteiger partial charge in [-0.1, -0.05) is 20.8 Å². The summed E-state index contributed by atoms with van der Waals surface area (Å²) in [6.45, 7) is 6.72. The summed E-state index contributed by atoms with van der Waals surface area (Å²) in [4.78, 5) is 25.6. The summed E-state index contributed by atoms with van der Waals surface area (Å²) in [6.07, 6.45) is 2.70. The summed E-state index contributed by atoms with van der Waals surface area (Å²) in [5.74, 6) is -0.641. The van der Waals surface area contributed by atoms with E-state index in [0.29, 0.717) is 31.7 Å². The zero-order chi connectivity index (χ0) is 14.6. The van der Waals surface area contributed by atoms with Gasteiger partial charge in [0.1, 0.15) is 6.04 Å². The minimum Gasteiger partial charge on any atom is -0.480 e. The number of rotatable bonds is 5. The van der Waals surface area contributed by atoms with Crippen LogP contribution in [-0.2, 0) is 9.59 Å². The Kier molecular flexibility index (Phi) is 5.35. The molecule has 0 aliphatic carbocycles. The van der Waals surface area contributed by atoms with Crippen molar-refractivity contribution in [1.29, 1.82) is 0 Å². The summed E-state index contributed by atoms with van der Waals surface area (Å²) < 4.78 is 0. The largest absolute Gasteiger partial charge is 0.480 e. The molecule has 1 heterocycles. The molecule has 1 aliphatic rings. The molecule has 5 heteroatoms. The number of hydrogen-bond acceptors (Lipinski definition) is 3. The standard InChI is InChI=1S/C14H26N2O3/c1-4-14(5-2,9-15)13(19)16-7-6-10(3)8-11(16)12(17)18/h10-11H,4-9,15H2,1-3H3,(H,17,18). The van der Waals surface area contributed by atoms with Crippen molar-refractivity contribution in [1.82, 2.24) is 4.90 Å². The fourth-order valence-electron chi connectivity index (χ4n) is 2.85. The molecule has 5 nitrogen and oxygen atoms in total. The molecule has 0 radical (unpaired) electrons. The van der Waals surface area contributed by atoms with Crippen molar-refractivity contribution in [3.63, 3.8) is 0 Å². The molecule has 110 valence electrons. The Hall–Kier alpha value is -1.10. The maximum Gasteiger partial charge on any atom is 0.326 e. The van der Waals surface area contributed by atoms with Crippen LogP contribution in [0.5, 0.6) is 0 Å². The molecular formula is C14H26N2O3. The van der Waals surface area contributed by atoms with Gasteiger partial charge < -0.3 is 15.7 Å². The van der Waals surface area contributed by atoms with Gasteiger partial charge in [-0.3, -0.25) is 4.79 Å². The van der Waals surface area contributed by atoms with Gasteiger partial charge in [-0.15, -0.1) is 0 Å². The zero-order valence-corrected chi connectivity index (χ0v) is 12.2. The lowest BCUT2D eigenvalue weighted by Crippen LogP contribution is -2.56. The van der Waals surface area contributed by atoms with Crippen molar-refractivity contribution in [2.75, 3.05) is 13.1 Å².